The maximum Gasteiger partial charge on any atom is 0.337 e. The summed E-state index contributed by atoms with van der Waals surface area (Å²) in [6.07, 6.45) is 12.3. The maximum atomic E-state index is 13.4. The second-order valence-corrected chi connectivity index (χ2v) is 9.81. The van der Waals surface area contributed by atoms with Crippen LogP contribution >= 0.6 is 12.4 Å². The number of ether oxygens (including phenoxy) is 1. The summed E-state index contributed by atoms with van der Waals surface area (Å²) in [6.45, 7) is 7.86. The number of hydrogen-bond acceptors (Lipinski definition) is 5. The van der Waals surface area contributed by atoms with Gasteiger partial charge in [0.1, 0.15) is 11.5 Å². The molecule has 214 valence electrons. The number of amides is 3. The van der Waals surface area contributed by atoms with E-state index in [0.717, 1.165) is 74.9 Å². The molecule has 1 aliphatic rings. The molecule has 1 aromatic heterocycles. The first-order valence-electron chi connectivity index (χ1n) is 14.0. The molecule has 3 rings (SSSR count). The normalized spacial score (nSPS) is 14.3. The Morgan fingerprint density at radius 1 is 0.897 bits per heavy atom. The van der Waals surface area contributed by atoms with Gasteiger partial charge in [0.15, 0.2) is 0 Å². The van der Waals surface area contributed by atoms with Gasteiger partial charge in [0.25, 0.3) is 5.91 Å². The minimum atomic E-state index is -0.371. The zero-order chi connectivity index (χ0) is 27.5. The van der Waals surface area contributed by atoms with Crippen LogP contribution in [0.4, 0.5) is 4.79 Å². The van der Waals surface area contributed by atoms with Crippen LogP contribution < -0.4 is 0 Å². The molecule has 0 unspecified atom stereocenters. The van der Waals surface area contributed by atoms with Crippen LogP contribution in [0.3, 0.4) is 0 Å². The number of rotatable bonds is 15. The average molecular weight is 559 g/mol. The Balaban J connectivity index is 0.00000533. The lowest BCUT2D eigenvalue weighted by molar-refractivity contribution is -0.123. The summed E-state index contributed by atoms with van der Waals surface area (Å²) >= 11 is 0. The van der Waals surface area contributed by atoms with E-state index in [-0.39, 0.29) is 30.3 Å². The summed E-state index contributed by atoms with van der Waals surface area (Å²) in [4.78, 5) is 46.2. The van der Waals surface area contributed by atoms with Gasteiger partial charge in [0.05, 0.1) is 24.6 Å². The molecule has 0 saturated carbocycles. The topological polar surface area (TPSA) is 84.7 Å². The summed E-state index contributed by atoms with van der Waals surface area (Å²) < 4.78 is 6.92. The van der Waals surface area contributed by atoms with Gasteiger partial charge in [-0.2, -0.15) is 0 Å². The van der Waals surface area contributed by atoms with Crippen molar-refractivity contribution < 1.29 is 19.1 Å². The molecule has 3 amide bonds. The Hall–Kier alpha value is -3.13. The van der Waals surface area contributed by atoms with E-state index in [2.05, 4.69) is 25.3 Å². The zero-order valence-electron chi connectivity index (χ0n) is 23.8. The lowest BCUT2D eigenvalue weighted by Crippen LogP contribution is -2.34. The van der Waals surface area contributed by atoms with Crippen LogP contribution in [0.1, 0.15) is 99.6 Å². The highest BCUT2D eigenvalue weighted by Gasteiger charge is 2.40. The number of hydrogen-bond donors (Lipinski definition) is 0. The molecule has 0 N–H and O–H groups in total. The lowest BCUT2D eigenvalue weighted by Gasteiger charge is -2.17. The number of nitrogens with zero attached hydrogens (tertiary/aromatic N) is 4. The highest BCUT2D eigenvalue weighted by molar-refractivity contribution is 6.13. The second-order valence-electron chi connectivity index (χ2n) is 9.81. The largest absolute Gasteiger partial charge is 0.465 e. The van der Waals surface area contributed by atoms with E-state index in [1.165, 1.54) is 12.0 Å². The molecule has 0 aliphatic carbocycles. The summed E-state index contributed by atoms with van der Waals surface area (Å²) in [5.74, 6) is 0.332. The minimum Gasteiger partial charge on any atom is -0.465 e. The monoisotopic (exact) mass is 558 g/mol. The number of aromatic nitrogens is 2. The number of methoxy groups -OCH3 is 1. The first kappa shape index (κ1) is 32.1. The first-order valence-corrected chi connectivity index (χ1v) is 14.0. The number of unbranched alkanes of at least 4 members (excludes halogenated alkanes) is 5. The number of aryl methyl sites for hydroxylation is 1. The number of carbonyl (C=O) groups is 3. The molecule has 0 spiro atoms. The van der Waals surface area contributed by atoms with Gasteiger partial charge in [0.2, 0.25) is 0 Å². The maximum absolute atomic E-state index is 13.4. The summed E-state index contributed by atoms with van der Waals surface area (Å²) in [7, 11) is 1.37. The molecule has 0 radical (unpaired) electrons. The molecule has 1 saturated heterocycles. The highest BCUT2D eigenvalue weighted by atomic mass is 35.5. The third-order valence-electron chi connectivity index (χ3n) is 6.91. The third-order valence-corrected chi connectivity index (χ3v) is 6.91. The van der Waals surface area contributed by atoms with Crippen LogP contribution in [0.2, 0.25) is 0 Å². The first-order chi connectivity index (χ1) is 18.4. The summed E-state index contributed by atoms with van der Waals surface area (Å²) in [6, 6.07) is 7.10. The van der Waals surface area contributed by atoms with E-state index in [1.54, 1.807) is 23.2 Å². The van der Waals surface area contributed by atoms with E-state index in [1.807, 2.05) is 18.2 Å². The summed E-state index contributed by atoms with van der Waals surface area (Å²) in [5, 5.41) is 0. The summed E-state index contributed by atoms with van der Waals surface area (Å²) in [5.41, 5.74) is 2.71. The second kappa shape index (κ2) is 16.1. The van der Waals surface area contributed by atoms with Gasteiger partial charge in [-0.1, -0.05) is 65.0 Å². The number of esters is 1. The molecule has 2 heterocycles. The fraction of sp³-hybridized carbons (Fsp3) is 0.533. The van der Waals surface area contributed by atoms with Gasteiger partial charge < -0.3 is 9.30 Å². The average Bonchev–Trinajstić information content (AvgIpc) is 3.40. The van der Waals surface area contributed by atoms with Crippen LogP contribution in [0.5, 0.6) is 0 Å². The molecule has 2 aromatic rings. The molecule has 0 atom stereocenters. The van der Waals surface area contributed by atoms with Gasteiger partial charge in [-0.3, -0.25) is 14.6 Å². The minimum absolute atomic E-state index is 0. The number of carbonyl (C=O) groups excluding carboxylic acids is 3. The number of benzene rings is 1. The number of imide groups is 1. The predicted molar refractivity (Wildman–Crippen MR) is 156 cm³/mol. The van der Waals surface area contributed by atoms with Crippen molar-refractivity contribution >= 4 is 36.4 Å². The molecule has 39 heavy (non-hydrogen) atoms. The SMILES string of the molecule is CCCCCCN1C(=O)N(CCCC)C(=O)/C1=C/c1cnc(CCCC)n1Cc1ccc(C(=O)OC)cc1.Cl. The van der Waals surface area contributed by atoms with Crippen molar-refractivity contribution in [2.24, 2.45) is 0 Å². The Kier molecular flexibility index (Phi) is 13.2. The van der Waals surface area contributed by atoms with E-state index >= 15 is 0 Å². The smallest absolute Gasteiger partial charge is 0.337 e. The molecule has 1 aromatic carbocycles. The zero-order valence-corrected chi connectivity index (χ0v) is 24.6. The van der Waals surface area contributed by atoms with E-state index < -0.39 is 0 Å². The van der Waals surface area contributed by atoms with E-state index in [4.69, 9.17) is 9.72 Å². The molecule has 1 fully saturated rings. The van der Waals surface area contributed by atoms with Crippen LogP contribution in [0.15, 0.2) is 36.2 Å². The molecule has 9 heteroatoms. The van der Waals surface area contributed by atoms with Crippen molar-refractivity contribution in [3.8, 4) is 0 Å². The van der Waals surface area contributed by atoms with Crippen LogP contribution in [-0.2, 0) is 22.5 Å². The van der Waals surface area contributed by atoms with Crippen LogP contribution in [0.25, 0.3) is 6.08 Å². The molecule has 1 aliphatic heterocycles. The number of imidazole rings is 1. The Bertz CT molecular complexity index is 1130. The van der Waals surface area contributed by atoms with Gasteiger partial charge in [-0.15, -0.1) is 12.4 Å². The molecule has 0 bridgehead atoms. The Morgan fingerprint density at radius 2 is 1.56 bits per heavy atom. The molecular formula is C30H43ClN4O4. The van der Waals surface area contributed by atoms with Crippen LogP contribution in [0, 0.1) is 0 Å². The lowest BCUT2D eigenvalue weighted by atomic mass is 10.1. The number of halogens is 1. The van der Waals surface area contributed by atoms with Crippen molar-refractivity contribution in [3.05, 3.63) is 58.8 Å². The molecular weight excluding hydrogens is 516 g/mol. The van der Waals surface area contributed by atoms with Gasteiger partial charge in [0, 0.05) is 26.1 Å². The fourth-order valence-corrected chi connectivity index (χ4v) is 4.60. The van der Waals surface area contributed by atoms with Crippen molar-refractivity contribution in [2.75, 3.05) is 20.2 Å². The van der Waals surface area contributed by atoms with Crippen molar-refractivity contribution in [2.45, 2.75) is 85.1 Å². The van der Waals surface area contributed by atoms with E-state index in [9.17, 15) is 14.4 Å². The molecule has 8 nitrogen and oxygen atoms in total. The van der Waals surface area contributed by atoms with Crippen molar-refractivity contribution in [3.63, 3.8) is 0 Å². The fourth-order valence-electron chi connectivity index (χ4n) is 4.60. The van der Waals surface area contributed by atoms with Crippen molar-refractivity contribution in [1.82, 2.24) is 19.4 Å². The van der Waals surface area contributed by atoms with Crippen molar-refractivity contribution in [1.29, 1.82) is 0 Å². The predicted octanol–water partition coefficient (Wildman–Crippen LogP) is 6.47. The quantitative estimate of drug-likeness (QED) is 0.108. The van der Waals surface area contributed by atoms with Crippen LogP contribution in [-0.4, -0.2) is 57.5 Å². The highest BCUT2D eigenvalue weighted by Crippen LogP contribution is 2.26. The van der Waals surface area contributed by atoms with Gasteiger partial charge in [-0.25, -0.2) is 14.6 Å². The Labute approximate surface area is 238 Å². The Morgan fingerprint density at radius 3 is 2.21 bits per heavy atom. The number of urea groups is 1. The van der Waals surface area contributed by atoms with Gasteiger partial charge >= 0.3 is 12.0 Å². The van der Waals surface area contributed by atoms with Gasteiger partial charge in [-0.05, 0) is 43.0 Å². The standard InChI is InChI=1S/C30H42N4O4.ClH/c1-5-8-11-12-19-32-26(28(35)33(30(32)37)18-10-7-3)20-25-21-31-27(13-9-6-2)34(25)22-23-14-16-24(17-15-23)29(36)38-4;/h14-17,20-21H,5-13,18-19,22H2,1-4H3;1H/b26-20-;. The van der Waals surface area contributed by atoms with E-state index in [0.29, 0.717) is 30.9 Å². The third kappa shape index (κ3) is 8.18.